The van der Waals surface area contributed by atoms with Crippen LogP contribution in [0.15, 0.2) is 48.2 Å². The van der Waals surface area contributed by atoms with Gasteiger partial charge in [0.1, 0.15) is 5.69 Å². The fraction of sp³-hybridized carbons (Fsp3) is 0.176. The number of hydrogen-bond donors (Lipinski definition) is 3. The molecule has 0 bridgehead atoms. The molecule has 0 spiro atoms. The van der Waals surface area contributed by atoms with Gasteiger partial charge in [0.15, 0.2) is 4.96 Å². The van der Waals surface area contributed by atoms with Gasteiger partial charge in [0, 0.05) is 28.7 Å². The molecule has 0 aliphatic rings. The van der Waals surface area contributed by atoms with Gasteiger partial charge < -0.3 is 15.4 Å². The van der Waals surface area contributed by atoms with E-state index in [1.165, 1.54) is 11.3 Å². The predicted molar refractivity (Wildman–Crippen MR) is 93.4 cm³/mol. The number of carbonyl (C=O) groups is 1. The number of para-hydroxylation sites is 1. The zero-order valence-corrected chi connectivity index (χ0v) is 13.6. The quantitative estimate of drug-likeness (QED) is 0.521. The molecule has 4 rings (SSSR count). The number of benzene rings is 1. The Morgan fingerprint density at radius 3 is 3.17 bits per heavy atom. The summed E-state index contributed by atoms with van der Waals surface area (Å²) in [6.07, 6.45) is 5.85. The molecule has 1 atom stereocenters. The fourth-order valence-electron chi connectivity index (χ4n) is 2.88. The molecule has 3 N–H and O–H groups in total. The average molecular weight is 340 g/mol. The van der Waals surface area contributed by atoms with Crippen molar-refractivity contribution in [1.82, 2.24) is 19.7 Å². The number of nitrogens with zero attached hydrogens (tertiary/aromatic N) is 2. The smallest absolute Gasteiger partial charge is 0.270 e. The summed E-state index contributed by atoms with van der Waals surface area (Å²) in [5, 5.41) is 15.6. The Kier molecular flexibility index (Phi) is 3.79. The van der Waals surface area contributed by atoms with Crippen molar-refractivity contribution in [2.24, 2.45) is 0 Å². The summed E-state index contributed by atoms with van der Waals surface area (Å²) in [6.45, 7) is -0.128. The highest BCUT2D eigenvalue weighted by Crippen LogP contribution is 2.19. The summed E-state index contributed by atoms with van der Waals surface area (Å²) in [7, 11) is 0. The van der Waals surface area contributed by atoms with Gasteiger partial charge in [-0.25, -0.2) is 4.98 Å². The molecule has 24 heavy (non-hydrogen) atoms. The van der Waals surface area contributed by atoms with Gasteiger partial charge in [0.05, 0.1) is 18.8 Å². The zero-order chi connectivity index (χ0) is 16.5. The van der Waals surface area contributed by atoms with Crippen LogP contribution in [0.25, 0.3) is 15.9 Å². The maximum Gasteiger partial charge on any atom is 0.270 e. The Morgan fingerprint density at radius 2 is 2.29 bits per heavy atom. The topological polar surface area (TPSA) is 82.4 Å². The number of amides is 1. The summed E-state index contributed by atoms with van der Waals surface area (Å²) in [4.78, 5) is 20.7. The van der Waals surface area contributed by atoms with E-state index in [0.29, 0.717) is 12.1 Å². The number of carbonyl (C=O) groups excluding carboxylic acids is 1. The SMILES string of the molecule is O=C(NC(CO)Cc1c[nH]c2ccccc12)c1cnc2sccn12. The van der Waals surface area contributed by atoms with E-state index in [9.17, 15) is 9.90 Å². The maximum atomic E-state index is 12.5. The number of aliphatic hydroxyl groups is 1. The van der Waals surface area contributed by atoms with Gasteiger partial charge in [0.2, 0.25) is 0 Å². The molecule has 122 valence electrons. The van der Waals surface area contributed by atoms with Gasteiger partial charge in [-0.15, -0.1) is 11.3 Å². The van der Waals surface area contributed by atoms with Crippen LogP contribution in [-0.2, 0) is 6.42 Å². The van der Waals surface area contributed by atoms with Crippen LogP contribution < -0.4 is 5.32 Å². The van der Waals surface area contributed by atoms with Crippen LogP contribution in [0.4, 0.5) is 0 Å². The van der Waals surface area contributed by atoms with E-state index in [0.717, 1.165) is 21.4 Å². The predicted octanol–water partition coefficient (Wildman–Crippen LogP) is 2.21. The van der Waals surface area contributed by atoms with Crippen molar-refractivity contribution in [3.63, 3.8) is 0 Å². The number of rotatable bonds is 5. The van der Waals surface area contributed by atoms with Crippen LogP contribution in [0.2, 0.25) is 0 Å². The lowest BCUT2D eigenvalue weighted by atomic mass is 10.1. The number of fused-ring (bicyclic) bond motifs is 2. The number of aliphatic hydroxyl groups excluding tert-OH is 1. The molecule has 0 fully saturated rings. The number of aromatic amines is 1. The van der Waals surface area contributed by atoms with Crippen LogP contribution in [0.5, 0.6) is 0 Å². The highest BCUT2D eigenvalue weighted by atomic mass is 32.1. The number of H-pyrrole nitrogens is 1. The van der Waals surface area contributed by atoms with E-state index < -0.39 is 0 Å². The number of thiazole rings is 1. The lowest BCUT2D eigenvalue weighted by Gasteiger charge is -2.15. The van der Waals surface area contributed by atoms with Crippen molar-refractivity contribution in [1.29, 1.82) is 0 Å². The molecule has 0 radical (unpaired) electrons. The minimum Gasteiger partial charge on any atom is -0.394 e. The standard InChI is InChI=1S/C17H16N4O2S/c22-10-12(7-11-8-18-14-4-2-1-3-13(11)14)20-16(23)15-9-19-17-21(15)5-6-24-17/h1-6,8-9,12,18,22H,7,10H2,(H,20,23). The van der Waals surface area contributed by atoms with Crippen LogP contribution >= 0.6 is 11.3 Å². The Hall–Kier alpha value is -2.64. The summed E-state index contributed by atoms with van der Waals surface area (Å²) in [6, 6.07) is 7.63. The second kappa shape index (κ2) is 6.10. The molecule has 0 aliphatic carbocycles. The summed E-state index contributed by atoms with van der Waals surface area (Å²) < 4.78 is 1.75. The van der Waals surface area contributed by atoms with E-state index in [4.69, 9.17) is 0 Å². The zero-order valence-electron chi connectivity index (χ0n) is 12.8. The van der Waals surface area contributed by atoms with Crippen molar-refractivity contribution in [3.05, 3.63) is 59.5 Å². The molecule has 6 nitrogen and oxygen atoms in total. The first-order valence-electron chi connectivity index (χ1n) is 7.63. The minimum atomic E-state index is -0.360. The van der Waals surface area contributed by atoms with Crippen molar-refractivity contribution in [2.75, 3.05) is 6.61 Å². The second-order valence-electron chi connectivity index (χ2n) is 5.62. The Bertz CT molecular complexity index is 1000. The summed E-state index contributed by atoms with van der Waals surface area (Å²) in [5.74, 6) is -0.236. The molecule has 0 aliphatic heterocycles. The highest BCUT2D eigenvalue weighted by Gasteiger charge is 2.18. The maximum absolute atomic E-state index is 12.5. The Labute approximate surface area is 141 Å². The largest absolute Gasteiger partial charge is 0.394 e. The first kappa shape index (κ1) is 14.9. The molecule has 7 heteroatoms. The Morgan fingerprint density at radius 1 is 1.42 bits per heavy atom. The van der Waals surface area contributed by atoms with Crippen LogP contribution in [0.1, 0.15) is 16.1 Å². The number of imidazole rings is 1. The minimum absolute atomic E-state index is 0.128. The van der Waals surface area contributed by atoms with Gasteiger partial charge in [0.25, 0.3) is 5.91 Å². The molecular formula is C17H16N4O2S. The van der Waals surface area contributed by atoms with Crippen LogP contribution in [0, 0.1) is 0 Å². The van der Waals surface area contributed by atoms with E-state index in [-0.39, 0.29) is 18.6 Å². The molecule has 1 unspecified atom stereocenters. The van der Waals surface area contributed by atoms with Gasteiger partial charge >= 0.3 is 0 Å². The van der Waals surface area contributed by atoms with Gasteiger partial charge in [-0.05, 0) is 18.1 Å². The van der Waals surface area contributed by atoms with Crippen molar-refractivity contribution in [3.8, 4) is 0 Å². The van der Waals surface area contributed by atoms with E-state index in [1.807, 2.05) is 42.0 Å². The molecule has 1 aromatic carbocycles. The third-order valence-electron chi connectivity index (χ3n) is 4.08. The molecule has 0 saturated carbocycles. The molecule has 3 heterocycles. The van der Waals surface area contributed by atoms with Crippen LogP contribution in [0.3, 0.4) is 0 Å². The number of nitrogens with one attached hydrogen (secondary N) is 2. The van der Waals surface area contributed by atoms with Crippen molar-refractivity contribution >= 4 is 33.1 Å². The number of hydrogen-bond acceptors (Lipinski definition) is 4. The fourth-order valence-corrected chi connectivity index (χ4v) is 3.57. The van der Waals surface area contributed by atoms with Gasteiger partial charge in [-0.2, -0.15) is 0 Å². The monoisotopic (exact) mass is 340 g/mol. The van der Waals surface area contributed by atoms with Crippen molar-refractivity contribution < 1.29 is 9.90 Å². The van der Waals surface area contributed by atoms with E-state index >= 15 is 0 Å². The van der Waals surface area contributed by atoms with E-state index in [2.05, 4.69) is 15.3 Å². The first-order chi connectivity index (χ1) is 11.8. The number of aromatic nitrogens is 3. The molecule has 0 saturated heterocycles. The summed E-state index contributed by atoms with van der Waals surface area (Å²) >= 11 is 1.47. The molecular weight excluding hydrogens is 324 g/mol. The third kappa shape index (κ3) is 2.57. The van der Waals surface area contributed by atoms with Crippen molar-refractivity contribution in [2.45, 2.75) is 12.5 Å². The summed E-state index contributed by atoms with van der Waals surface area (Å²) in [5.41, 5.74) is 2.59. The molecule has 4 aromatic rings. The lowest BCUT2D eigenvalue weighted by Crippen LogP contribution is -2.39. The normalized spacial score (nSPS) is 12.7. The van der Waals surface area contributed by atoms with Gasteiger partial charge in [-0.3, -0.25) is 9.20 Å². The molecule has 3 aromatic heterocycles. The Balaban J connectivity index is 1.54. The second-order valence-corrected chi connectivity index (χ2v) is 6.49. The molecule has 1 amide bonds. The average Bonchev–Trinajstić information content (AvgIpc) is 3.29. The lowest BCUT2D eigenvalue weighted by molar-refractivity contribution is 0.0910. The van der Waals surface area contributed by atoms with Crippen LogP contribution in [-0.4, -0.2) is 38.0 Å². The van der Waals surface area contributed by atoms with E-state index in [1.54, 1.807) is 10.6 Å². The third-order valence-corrected chi connectivity index (χ3v) is 4.85. The first-order valence-corrected chi connectivity index (χ1v) is 8.51. The highest BCUT2D eigenvalue weighted by molar-refractivity contribution is 7.15. The van der Waals surface area contributed by atoms with Gasteiger partial charge in [-0.1, -0.05) is 18.2 Å².